The lowest BCUT2D eigenvalue weighted by Gasteiger charge is -2.56. The lowest BCUT2D eigenvalue weighted by Crippen LogP contribution is -2.48. The van der Waals surface area contributed by atoms with E-state index in [1.807, 2.05) is 0 Å². The maximum Gasteiger partial charge on any atom is -0.00443 e. The Labute approximate surface area is 130 Å². The Kier molecular flexibility index (Phi) is 2.88. The maximum absolute atomic E-state index is 4.43. The monoisotopic (exact) mass is 282 g/mol. The second kappa shape index (κ2) is 4.37. The van der Waals surface area contributed by atoms with Gasteiger partial charge < -0.3 is 0 Å². The van der Waals surface area contributed by atoms with Crippen molar-refractivity contribution in [2.75, 3.05) is 0 Å². The van der Waals surface area contributed by atoms with Gasteiger partial charge in [-0.1, -0.05) is 43.7 Å². The molecule has 0 spiro atoms. The van der Waals surface area contributed by atoms with Crippen LogP contribution in [0.5, 0.6) is 0 Å². The molecule has 0 aromatic heterocycles. The Morgan fingerprint density at radius 3 is 2.62 bits per heavy atom. The molecular weight excluding hydrogens is 252 g/mol. The minimum atomic E-state index is 0.462. The minimum absolute atomic E-state index is 0.462. The summed E-state index contributed by atoms with van der Waals surface area (Å²) in [5, 5.41) is 0. The van der Waals surface area contributed by atoms with Crippen molar-refractivity contribution in [3.8, 4) is 0 Å². The second-order valence-electron chi connectivity index (χ2n) is 8.78. The van der Waals surface area contributed by atoms with Crippen LogP contribution in [0.2, 0.25) is 0 Å². The number of hydrogen-bond acceptors (Lipinski definition) is 0. The quantitative estimate of drug-likeness (QED) is 0.474. The van der Waals surface area contributed by atoms with E-state index >= 15 is 0 Å². The van der Waals surface area contributed by atoms with Gasteiger partial charge in [-0.3, -0.25) is 0 Å². The molecule has 2 fully saturated rings. The predicted molar refractivity (Wildman–Crippen MR) is 90.0 cm³/mol. The lowest BCUT2D eigenvalue weighted by molar-refractivity contribution is -0.00606. The first-order valence-corrected chi connectivity index (χ1v) is 9.01. The van der Waals surface area contributed by atoms with Gasteiger partial charge in [-0.05, 0) is 86.0 Å². The molecule has 3 unspecified atom stereocenters. The van der Waals surface area contributed by atoms with Crippen molar-refractivity contribution in [3.63, 3.8) is 0 Å². The van der Waals surface area contributed by atoms with E-state index < -0.39 is 0 Å². The van der Waals surface area contributed by atoms with Crippen LogP contribution >= 0.6 is 0 Å². The zero-order valence-electron chi connectivity index (χ0n) is 14.0. The zero-order chi connectivity index (χ0) is 14.8. The third-order valence-corrected chi connectivity index (χ3v) is 7.92. The first kappa shape index (κ1) is 13.9. The second-order valence-corrected chi connectivity index (χ2v) is 8.78. The topological polar surface area (TPSA) is 0 Å². The fourth-order valence-corrected chi connectivity index (χ4v) is 6.37. The van der Waals surface area contributed by atoms with E-state index in [4.69, 9.17) is 0 Å². The maximum atomic E-state index is 4.43. The van der Waals surface area contributed by atoms with Crippen LogP contribution in [-0.2, 0) is 0 Å². The highest BCUT2D eigenvalue weighted by molar-refractivity contribution is 5.37. The van der Waals surface area contributed by atoms with Gasteiger partial charge in [-0.15, -0.1) is 0 Å². The van der Waals surface area contributed by atoms with Gasteiger partial charge in [0, 0.05) is 0 Å². The SMILES string of the molecule is C=C1CCC2C3CC=C4C=C(C)CC[C@]4(C)C3CC[C@]12C. The van der Waals surface area contributed by atoms with Gasteiger partial charge in [-0.2, -0.15) is 0 Å². The molecule has 0 amide bonds. The normalized spacial score (nSPS) is 48.9. The summed E-state index contributed by atoms with van der Waals surface area (Å²) in [4.78, 5) is 0. The number of fused-ring (bicyclic) bond motifs is 5. The van der Waals surface area contributed by atoms with Crippen LogP contribution in [0.3, 0.4) is 0 Å². The van der Waals surface area contributed by atoms with Crippen LogP contribution in [0.4, 0.5) is 0 Å². The highest BCUT2D eigenvalue weighted by Gasteiger charge is 2.56. The Balaban J connectivity index is 1.73. The summed E-state index contributed by atoms with van der Waals surface area (Å²) in [6.45, 7) is 11.8. The van der Waals surface area contributed by atoms with Gasteiger partial charge in [0.15, 0.2) is 0 Å². The molecule has 0 aromatic carbocycles. The van der Waals surface area contributed by atoms with Crippen molar-refractivity contribution in [2.24, 2.45) is 28.6 Å². The van der Waals surface area contributed by atoms with Gasteiger partial charge in [-0.25, -0.2) is 0 Å². The molecule has 0 N–H and O–H groups in total. The molecule has 114 valence electrons. The summed E-state index contributed by atoms with van der Waals surface area (Å²) in [5.41, 5.74) is 5.75. The Morgan fingerprint density at radius 1 is 1.05 bits per heavy atom. The summed E-state index contributed by atoms with van der Waals surface area (Å²) in [7, 11) is 0. The molecule has 0 heteroatoms. The van der Waals surface area contributed by atoms with Crippen molar-refractivity contribution in [2.45, 2.75) is 65.7 Å². The molecule has 0 aromatic rings. The molecule has 0 aliphatic heterocycles. The van der Waals surface area contributed by atoms with Crippen LogP contribution < -0.4 is 0 Å². The molecule has 4 rings (SSSR count). The average Bonchev–Trinajstić information content (AvgIpc) is 2.76. The summed E-state index contributed by atoms with van der Waals surface area (Å²) in [5.74, 6) is 2.75. The van der Waals surface area contributed by atoms with Gasteiger partial charge >= 0.3 is 0 Å². The largest absolute Gasteiger partial charge is 0.0993 e. The molecule has 5 atom stereocenters. The van der Waals surface area contributed by atoms with Crippen molar-refractivity contribution < 1.29 is 0 Å². The predicted octanol–water partition coefficient (Wildman–Crippen LogP) is 6.06. The average molecular weight is 282 g/mol. The molecule has 0 heterocycles. The van der Waals surface area contributed by atoms with Crippen LogP contribution in [0.1, 0.15) is 65.7 Å². The van der Waals surface area contributed by atoms with Crippen molar-refractivity contribution in [1.29, 1.82) is 0 Å². The number of rotatable bonds is 0. The molecule has 4 aliphatic carbocycles. The molecular formula is C21H30. The lowest BCUT2D eigenvalue weighted by atomic mass is 9.48. The molecule has 0 radical (unpaired) electrons. The molecule has 2 saturated carbocycles. The molecule has 21 heavy (non-hydrogen) atoms. The molecule has 0 saturated heterocycles. The van der Waals surface area contributed by atoms with E-state index in [1.54, 1.807) is 16.7 Å². The van der Waals surface area contributed by atoms with Gasteiger partial charge in [0.1, 0.15) is 0 Å². The van der Waals surface area contributed by atoms with Gasteiger partial charge in [0.25, 0.3) is 0 Å². The molecule has 0 bridgehead atoms. The molecule has 0 nitrogen and oxygen atoms in total. The summed E-state index contributed by atoms with van der Waals surface area (Å²) in [6, 6.07) is 0. The van der Waals surface area contributed by atoms with Crippen LogP contribution in [0.15, 0.2) is 35.5 Å². The number of hydrogen-bond donors (Lipinski definition) is 0. The summed E-state index contributed by atoms with van der Waals surface area (Å²) >= 11 is 0. The van der Waals surface area contributed by atoms with E-state index in [1.165, 1.54) is 44.9 Å². The van der Waals surface area contributed by atoms with Gasteiger partial charge in [0.2, 0.25) is 0 Å². The van der Waals surface area contributed by atoms with Crippen LogP contribution in [0, 0.1) is 28.6 Å². The standard InChI is InChI=1S/C21H30/c1-14-9-11-21(4)16(13-14)6-7-17-18-8-5-15(2)20(18,3)12-10-19(17)21/h6,13,17-19H,2,5,7-12H2,1,3-4H3/t17?,18?,19?,20-,21+/m1/s1. The third-order valence-electron chi connectivity index (χ3n) is 7.92. The fourth-order valence-electron chi connectivity index (χ4n) is 6.37. The van der Waals surface area contributed by atoms with Crippen LogP contribution in [0.25, 0.3) is 0 Å². The van der Waals surface area contributed by atoms with E-state index in [2.05, 4.69) is 39.5 Å². The van der Waals surface area contributed by atoms with E-state index in [-0.39, 0.29) is 0 Å². The minimum Gasteiger partial charge on any atom is -0.0993 e. The van der Waals surface area contributed by atoms with Gasteiger partial charge in [0.05, 0.1) is 0 Å². The highest BCUT2D eigenvalue weighted by Crippen LogP contribution is 2.65. The first-order valence-electron chi connectivity index (χ1n) is 9.01. The molecule has 4 aliphatic rings. The van der Waals surface area contributed by atoms with E-state index in [0.717, 1.165) is 17.8 Å². The Morgan fingerprint density at radius 2 is 1.81 bits per heavy atom. The smallest absolute Gasteiger partial charge is 0.00443 e. The summed E-state index contributed by atoms with van der Waals surface area (Å²) in [6.07, 6.45) is 14.7. The van der Waals surface area contributed by atoms with Crippen molar-refractivity contribution in [3.05, 3.63) is 35.5 Å². The van der Waals surface area contributed by atoms with E-state index in [0.29, 0.717) is 10.8 Å². The zero-order valence-corrected chi connectivity index (χ0v) is 14.0. The summed E-state index contributed by atoms with van der Waals surface area (Å²) < 4.78 is 0. The number of allylic oxidation sites excluding steroid dienone is 5. The Hall–Kier alpha value is -0.780. The third kappa shape index (κ3) is 1.74. The van der Waals surface area contributed by atoms with Crippen LogP contribution in [-0.4, -0.2) is 0 Å². The van der Waals surface area contributed by atoms with Crippen molar-refractivity contribution >= 4 is 0 Å². The highest BCUT2D eigenvalue weighted by atomic mass is 14.6. The fraction of sp³-hybridized carbons (Fsp3) is 0.714. The first-order chi connectivity index (χ1) is 9.95. The van der Waals surface area contributed by atoms with E-state index in [9.17, 15) is 0 Å². The Bertz CT molecular complexity index is 548. The van der Waals surface area contributed by atoms with Crippen molar-refractivity contribution in [1.82, 2.24) is 0 Å².